The molecule has 0 aromatic rings. The molecule has 0 saturated carbocycles. The zero-order valence-corrected chi connectivity index (χ0v) is 15.4. The maximum Gasteiger partial charge on any atom is 0.252 e. The summed E-state index contributed by atoms with van der Waals surface area (Å²) in [6.07, 6.45) is 20.6. The van der Waals surface area contributed by atoms with Gasteiger partial charge in [0.2, 0.25) is 0 Å². The zero-order valence-electron chi connectivity index (χ0n) is 15.4. The number of rotatable bonds is 7. The molecule has 2 nitrogen and oxygen atoms in total. The Labute approximate surface area is 151 Å². The number of allylic oxidation sites excluding steroid dienone is 9. The minimum absolute atomic E-state index is 0.116. The molecule has 1 atom stereocenters. The molecule has 1 saturated heterocycles. The second-order valence-electron chi connectivity index (χ2n) is 5.41. The first kappa shape index (κ1) is 20.2. The van der Waals surface area contributed by atoms with Crippen LogP contribution in [0.15, 0.2) is 109 Å². The molecule has 1 rings (SSSR count). The van der Waals surface area contributed by atoms with Gasteiger partial charge in [0.1, 0.15) is 5.54 Å². The van der Waals surface area contributed by atoms with Crippen molar-refractivity contribution in [1.82, 2.24) is 5.32 Å². The topological polar surface area (TPSA) is 29.1 Å². The van der Waals surface area contributed by atoms with Crippen molar-refractivity contribution in [3.8, 4) is 0 Å². The summed E-state index contributed by atoms with van der Waals surface area (Å²) in [4.78, 5) is 12.7. The van der Waals surface area contributed by atoms with Crippen LogP contribution in [0.1, 0.15) is 20.8 Å². The average molecular weight is 333 g/mol. The van der Waals surface area contributed by atoms with E-state index < -0.39 is 5.54 Å². The van der Waals surface area contributed by atoms with Crippen LogP contribution < -0.4 is 5.32 Å². The van der Waals surface area contributed by atoms with Gasteiger partial charge in [-0.25, -0.2) is 0 Å². The predicted octanol–water partition coefficient (Wildman–Crippen LogP) is 5.29. The molecule has 25 heavy (non-hydrogen) atoms. The van der Waals surface area contributed by atoms with Gasteiger partial charge in [0.15, 0.2) is 0 Å². The lowest BCUT2D eigenvalue weighted by molar-refractivity contribution is -0.116. The van der Waals surface area contributed by atoms with Gasteiger partial charge in [-0.3, -0.25) is 4.79 Å². The molecule has 1 amide bonds. The highest BCUT2D eigenvalue weighted by molar-refractivity contribution is 6.05. The van der Waals surface area contributed by atoms with Crippen molar-refractivity contribution in [2.24, 2.45) is 0 Å². The van der Waals surface area contributed by atoms with Crippen LogP contribution in [0.2, 0.25) is 0 Å². The molecule has 0 aromatic carbocycles. The van der Waals surface area contributed by atoms with Gasteiger partial charge < -0.3 is 5.32 Å². The van der Waals surface area contributed by atoms with Gasteiger partial charge in [0.25, 0.3) is 5.91 Å². The van der Waals surface area contributed by atoms with Crippen LogP contribution in [0.3, 0.4) is 0 Å². The highest BCUT2D eigenvalue weighted by Crippen LogP contribution is 2.43. The fourth-order valence-electron chi connectivity index (χ4n) is 3.03. The van der Waals surface area contributed by atoms with Gasteiger partial charge in [-0.1, -0.05) is 86.6 Å². The van der Waals surface area contributed by atoms with Gasteiger partial charge in [0.05, 0.1) is 0 Å². The molecule has 0 aromatic heterocycles. The molecule has 1 fully saturated rings. The van der Waals surface area contributed by atoms with E-state index >= 15 is 0 Å². The number of hydrogen-bond acceptors (Lipinski definition) is 1. The highest BCUT2D eigenvalue weighted by Gasteiger charge is 2.48. The van der Waals surface area contributed by atoms with Gasteiger partial charge >= 0.3 is 0 Å². The number of hydrogen-bond donors (Lipinski definition) is 1. The van der Waals surface area contributed by atoms with Crippen LogP contribution in [0.4, 0.5) is 0 Å². The third-order valence-electron chi connectivity index (χ3n) is 4.09. The predicted molar refractivity (Wildman–Crippen MR) is 109 cm³/mol. The molecule has 1 aliphatic heterocycles. The van der Waals surface area contributed by atoms with Crippen molar-refractivity contribution in [3.63, 3.8) is 0 Å². The molecule has 1 aliphatic rings. The summed E-state index contributed by atoms with van der Waals surface area (Å²) in [5.41, 5.74) is 2.49. The Morgan fingerprint density at radius 1 is 1.04 bits per heavy atom. The van der Waals surface area contributed by atoms with Crippen LogP contribution in [0.25, 0.3) is 0 Å². The Kier molecular flexibility index (Phi) is 7.61. The minimum atomic E-state index is -0.817. The second-order valence-corrected chi connectivity index (χ2v) is 5.41. The summed E-state index contributed by atoms with van der Waals surface area (Å²) in [6, 6.07) is 0. The van der Waals surface area contributed by atoms with Crippen molar-refractivity contribution in [2.45, 2.75) is 26.3 Å². The summed E-state index contributed by atoms with van der Waals surface area (Å²) >= 11 is 0. The zero-order chi connectivity index (χ0) is 18.9. The maximum atomic E-state index is 12.7. The quantitative estimate of drug-likeness (QED) is 0.498. The van der Waals surface area contributed by atoms with E-state index in [4.69, 9.17) is 0 Å². The molecular weight excluding hydrogens is 306 g/mol. The molecule has 1 unspecified atom stereocenters. The molecule has 0 spiro atoms. The van der Waals surface area contributed by atoms with Gasteiger partial charge in [-0.05, 0) is 37.5 Å². The van der Waals surface area contributed by atoms with Crippen LogP contribution in [-0.2, 0) is 4.79 Å². The summed E-state index contributed by atoms with van der Waals surface area (Å²) < 4.78 is 0. The van der Waals surface area contributed by atoms with Crippen LogP contribution in [0.5, 0.6) is 0 Å². The molecule has 1 N–H and O–H groups in total. The molecule has 0 radical (unpaired) electrons. The van der Waals surface area contributed by atoms with Crippen molar-refractivity contribution in [3.05, 3.63) is 109 Å². The maximum absolute atomic E-state index is 12.7. The van der Waals surface area contributed by atoms with E-state index in [1.807, 2.05) is 69.4 Å². The fourth-order valence-corrected chi connectivity index (χ4v) is 3.03. The van der Waals surface area contributed by atoms with Crippen molar-refractivity contribution in [1.29, 1.82) is 0 Å². The fraction of sp³-hybridized carbons (Fsp3) is 0.174. The summed E-state index contributed by atoms with van der Waals surface area (Å²) in [7, 11) is 0. The van der Waals surface area contributed by atoms with E-state index in [9.17, 15) is 4.79 Å². The monoisotopic (exact) mass is 333 g/mol. The van der Waals surface area contributed by atoms with Crippen LogP contribution in [0, 0.1) is 0 Å². The van der Waals surface area contributed by atoms with Crippen LogP contribution in [-0.4, -0.2) is 11.4 Å². The van der Waals surface area contributed by atoms with Crippen molar-refractivity contribution < 1.29 is 4.79 Å². The first-order chi connectivity index (χ1) is 12.1. The number of nitrogens with one attached hydrogen (secondary N) is 1. The molecule has 0 aliphatic carbocycles. The van der Waals surface area contributed by atoms with Gasteiger partial charge in [0, 0.05) is 5.57 Å². The summed E-state index contributed by atoms with van der Waals surface area (Å²) in [5, 5.41) is 3.17. The Bertz CT molecular complexity index is 738. The van der Waals surface area contributed by atoms with E-state index in [1.54, 1.807) is 18.2 Å². The third-order valence-corrected chi connectivity index (χ3v) is 4.09. The van der Waals surface area contributed by atoms with Crippen LogP contribution >= 0.6 is 0 Å². The van der Waals surface area contributed by atoms with Crippen molar-refractivity contribution in [2.75, 3.05) is 0 Å². The van der Waals surface area contributed by atoms with Gasteiger partial charge in [-0.15, -0.1) is 0 Å². The first-order valence-electron chi connectivity index (χ1n) is 8.31. The molecule has 1 heterocycles. The van der Waals surface area contributed by atoms with E-state index in [0.717, 1.165) is 16.7 Å². The standard InChI is InChI=1S/C23H27NO/c1-7-13-16-18(10-4)23(19(11-5)17-14-8-2)21(15-9-3)20(12-6)22(25)24-23/h7-17H,1,3,5H2,2,4,6H3,(H,24,25)/b14-8-,16-13-,18-10+,19-17+,20-12+,21-15+. The Balaban J connectivity index is 3.92. The minimum Gasteiger partial charge on any atom is -0.334 e. The Morgan fingerprint density at radius 3 is 2.24 bits per heavy atom. The smallest absolute Gasteiger partial charge is 0.252 e. The lowest BCUT2D eigenvalue weighted by Gasteiger charge is -2.34. The van der Waals surface area contributed by atoms with E-state index in [-0.39, 0.29) is 5.91 Å². The largest absolute Gasteiger partial charge is 0.334 e. The molecule has 2 heteroatoms. The normalized spacial score (nSPS) is 25.2. The van der Waals surface area contributed by atoms with E-state index in [2.05, 4.69) is 25.1 Å². The molecule has 0 bridgehead atoms. The second kappa shape index (κ2) is 9.43. The lowest BCUT2D eigenvalue weighted by Crippen LogP contribution is -2.45. The first-order valence-corrected chi connectivity index (χ1v) is 8.31. The average Bonchev–Trinajstić information content (AvgIpc) is 2.89. The number of amides is 1. The third kappa shape index (κ3) is 3.80. The summed E-state index contributed by atoms with van der Waals surface area (Å²) in [6.45, 7) is 17.3. The van der Waals surface area contributed by atoms with Crippen molar-refractivity contribution >= 4 is 5.91 Å². The summed E-state index contributed by atoms with van der Waals surface area (Å²) in [5.74, 6) is -0.116. The Hall–Kier alpha value is -2.87. The van der Waals surface area contributed by atoms with Gasteiger partial charge in [-0.2, -0.15) is 0 Å². The number of carbonyl (C=O) groups excluding carboxylic acids is 1. The molecular formula is C23H27NO. The van der Waals surface area contributed by atoms with E-state index in [1.165, 1.54) is 0 Å². The SMILES string of the molecule is C=C/C=C\C(=C/C)C1(/C(C=C)=C/C=C\C)NC(=O)C(=C/C)/C1=C\C=C. The number of carbonyl (C=O) groups is 1. The highest BCUT2D eigenvalue weighted by atomic mass is 16.2. The van der Waals surface area contributed by atoms with E-state index in [0.29, 0.717) is 5.57 Å². The Morgan fingerprint density at radius 2 is 1.76 bits per heavy atom. The molecule has 130 valence electrons. The lowest BCUT2D eigenvalue weighted by atomic mass is 9.75.